The van der Waals surface area contributed by atoms with Crippen LogP contribution in [0.3, 0.4) is 0 Å². The molecule has 146 valence electrons. The molecule has 0 aliphatic rings. The number of hydrogen-bond donors (Lipinski definition) is 2. The van der Waals surface area contributed by atoms with Crippen molar-refractivity contribution in [2.45, 2.75) is 31.2 Å². The first-order valence-corrected chi connectivity index (χ1v) is 9.40. The molecule has 27 heavy (non-hydrogen) atoms. The average molecular weight is 398 g/mol. The molecule has 2 aromatic rings. The first kappa shape index (κ1) is 20.8. The van der Waals surface area contributed by atoms with Crippen LogP contribution in [0.4, 0.5) is 14.5 Å². The van der Waals surface area contributed by atoms with Gasteiger partial charge in [0.25, 0.3) is 5.91 Å². The molecule has 0 aromatic heterocycles. The maximum Gasteiger partial charge on any atom is 0.255 e. The number of sulfonamides is 1. The topological polar surface area (TPSA) is 84.5 Å². The molecule has 2 N–H and O–H groups in total. The summed E-state index contributed by atoms with van der Waals surface area (Å²) >= 11 is 0. The van der Waals surface area contributed by atoms with E-state index < -0.39 is 33.1 Å². The minimum Gasteiger partial charge on any atom is -0.495 e. The van der Waals surface area contributed by atoms with Gasteiger partial charge in [0.2, 0.25) is 10.0 Å². The Kier molecular flexibility index (Phi) is 5.86. The van der Waals surface area contributed by atoms with Crippen molar-refractivity contribution in [2.75, 3.05) is 12.4 Å². The molecule has 2 rings (SSSR count). The van der Waals surface area contributed by atoms with Gasteiger partial charge in [-0.05, 0) is 51.1 Å². The molecular weight excluding hydrogens is 378 g/mol. The van der Waals surface area contributed by atoms with Gasteiger partial charge in [0.05, 0.1) is 12.8 Å². The highest BCUT2D eigenvalue weighted by molar-refractivity contribution is 7.89. The van der Waals surface area contributed by atoms with Crippen LogP contribution < -0.4 is 14.8 Å². The van der Waals surface area contributed by atoms with E-state index in [1.54, 1.807) is 20.8 Å². The largest absolute Gasteiger partial charge is 0.495 e. The summed E-state index contributed by atoms with van der Waals surface area (Å²) in [5.74, 6) is -3.07. The first-order valence-electron chi connectivity index (χ1n) is 7.92. The molecule has 0 saturated carbocycles. The maximum absolute atomic E-state index is 13.7. The number of halogens is 2. The Bertz CT molecular complexity index is 970. The quantitative estimate of drug-likeness (QED) is 0.809. The SMILES string of the molecule is COc1ccc(C(=O)Nc2cccc(F)c2F)cc1S(=O)(=O)NC(C)(C)C. The normalized spacial score (nSPS) is 11.9. The van der Waals surface area contributed by atoms with Crippen molar-refractivity contribution >= 4 is 21.6 Å². The van der Waals surface area contributed by atoms with Crippen molar-refractivity contribution in [3.8, 4) is 5.75 Å². The van der Waals surface area contributed by atoms with E-state index in [0.29, 0.717) is 0 Å². The molecule has 0 fully saturated rings. The van der Waals surface area contributed by atoms with Crippen LogP contribution in [0, 0.1) is 11.6 Å². The Morgan fingerprint density at radius 3 is 2.37 bits per heavy atom. The number of ether oxygens (including phenoxy) is 1. The van der Waals surface area contributed by atoms with Crippen LogP contribution in [0.2, 0.25) is 0 Å². The van der Waals surface area contributed by atoms with Crippen LogP contribution in [-0.4, -0.2) is 27.0 Å². The summed E-state index contributed by atoms with van der Waals surface area (Å²) in [7, 11) is -2.69. The average Bonchev–Trinajstić information content (AvgIpc) is 2.56. The van der Waals surface area contributed by atoms with Crippen molar-refractivity contribution in [3.05, 3.63) is 53.6 Å². The molecule has 1 amide bonds. The lowest BCUT2D eigenvalue weighted by atomic mass is 10.1. The van der Waals surface area contributed by atoms with Crippen molar-refractivity contribution < 1.29 is 26.7 Å². The lowest BCUT2D eigenvalue weighted by Gasteiger charge is -2.21. The van der Waals surface area contributed by atoms with E-state index in [4.69, 9.17) is 4.74 Å². The van der Waals surface area contributed by atoms with E-state index >= 15 is 0 Å². The van der Waals surface area contributed by atoms with Crippen LogP contribution >= 0.6 is 0 Å². The lowest BCUT2D eigenvalue weighted by molar-refractivity contribution is 0.102. The molecule has 0 radical (unpaired) electrons. The van der Waals surface area contributed by atoms with Gasteiger partial charge in [-0.1, -0.05) is 6.07 Å². The Balaban J connectivity index is 2.42. The minimum atomic E-state index is -3.99. The van der Waals surface area contributed by atoms with Crippen LogP contribution in [0.15, 0.2) is 41.3 Å². The Hall–Kier alpha value is -2.52. The summed E-state index contributed by atoms with van der Waals surface area (Å²) in [6, 6.07) is 7.10. The number of carbonyl (C=O) groups is 1. The van der Waals surface area contributed by atoms with E-state index in [2.05, 4.69) is 10.0 Å². The van der Waals surface area contributed by atoms with Crippen molar-refractivity contribution in [2.24, 2.45) is 0 Å². The number of methoxy groups -OCH3 is 1. The third kappa shape index (κ3) is 5.01. The van der Waals surface area contributed by atoms with Gasteiger partial charge >= 0.3 is 0 Å². The van der Waals surface area contributed by atoms with Gasteiger partial charge in [0, 0.05) is 11.1 Å². The number of anilines is 1. The molecule has 9 heteroatoms. The zero-order valence-electron chi connectivity index (χ0n) is 15.3. The highest BCUT2D eigenvalue weighted by Crippen LogP contribution is 2.27. The number of nitrogens with one attached hydrogen (secondary N) is 2. The van der Waals surface area contributed by atoms with Gasteiger partial charge in [0.1, 0.15) is 10.6 Å². The second-order valence-corrected chi connectivity index (χ2v) is 8.43. The van der Waals surface area contributed by atoms with Crippen molar-refractivity contribution in [1.29, 1.82) is 0 Å². The van der Waals surface area contributed by atoms with Gasteiger partial charge in [0.15, 0.2) is 11.6 Å². The van der Waals surface area contributed by atoms with Gasteiger partial charge in [-0.3, -0.25) is 4.79 Å². The Labute approximate surface area is 156 Å². The van der Waals surface area contributed by atoms with E-state index in [1.807, 2.05) is 0 Å². The maximum atomic E-state index is 13.7. The fourth-order valence-corrected chi connectivity index (χ4v) is 3.90. The fraction of sp³-hybridized carbons (Fsp3) is 0.278. The molecule has 0 aliphatic carbocycles. The molecular formula is C18H20F2N2O4S. The van der Waals surface area contributed by atoms with Crippen LogP contribution in [0.5, 0.6) is 5.75 Å². The molecule has 2 aromatic carbocycles. The van der Waals surface area contributed by atoms with Crippen molar-refractivity contribution in [1.82, 2.24) is 4.72 Å². The molecule has 6 nitrogen and oxygen atoms in total. The summed E-state index contributed by atoms with van der Waals surface area (Å²) in [5, 5.41) is 2.22. The Morgan fingerprint density at radius 1 is 1.11 bits per heavy atom. The molecule has 0 bridgehead atoms. The third-order valence-electron chi connectivity index (χ3n) is 3.36. The fourth-order valence-electron chi connectivity index (χ4n) is 2.28. The van der Waals surface area contributed by atoms with Gasteiger partial charge < -0.3 is 10.1 Å². The zero-order chi connectivity index (χ0) is 20.4. The summed E-state index contributed by atoms with van der Waals surface area (Å²) < 4.78 is 59.8. The highest BCUT2D eigenvalue weighted by atomic mass is 32.2. The molecule has 0 heterocycles. The molecule has 0 unspecified atom stereocenters. The standard InChI is InChI=1S/C18H20F2N2O4S/c1-18(2,3)22-27(24,25)15-10-11(8-9-14(15)26-4)17(23)21-13-7-5-6-12(19)16(13)20/h5-10,22H,1-4H3,(H,21,23). The number of hydrogen-bond acceptors (Lipinski definition) is 4. The molecule has 0 atom stereocenters. The number of carbonyl (C=O) groups excluding carboxylic acids is 1. The molecule has 0 aliphatic heterocycles. The van der Waals surface area contributed by atoms with Crippen LogP contribution in [0.25, 0.3) is 0 Å². The number of benzene rings is 2. The molecule has 0 saturated heterocycles. The van der Waals surface area contributed by atoms with E-state index in [-0.39, 0.29) is 21.9 Å². The third-order valence-corrected chi connectivity index (χ3v) is 5.13. The summed E-state index contributed by atoms with van der Waals surface area (Å²) in [6.07, 6.45) is 0. The van der Waals surface area contributed by atoms with Gasteiger partial charge in [-0.15, -0.1) is 0 Å². The minimum absolute atomic E-state index is 0.0419. The summed E-state index contributed by atoms with van der Waals surface area (Å²) in [4.78, 5) is 12.1. The first-order chi connectivity index (χ1) is 12.4. The van der Waals surface area contributed by atoms with E-state index in [0.717, 1.165) is 12.1 Å². The van der Waals surface area contributed by atoms with E-state index in [1.165, 1.54) is 31.4 Å². The number of rotatable bonds is 5. The van der Waals surface area contributed by atoms with Gasteiger partial charge in [-0.25, -0.2) is 21.9 Å². The van der Waals surface area contributed by atoms with E-state index in [9.17, 15) is 22.0 Å². The smallest absolute Gasteiger partial charge is 0.255 e. The number of amides is 1. The Morgan fingerprint density at radius 2 is 1.78 bits per heavy atom. The zero-order valence-corrected chi connectivity index (χ0v) is 16.1. The predicted molar refractivity (Wildman–Crippen MR) is 97.4 cm³/mol. The second-order valence-electron chi connectivity index (χ2n) is 6.78. The predicted octanol–water partition coefficient (Wildman–Crippen LogP) is 3.30. The lowest BCUT2D eigenvalue weighted by Crippen LogP contribution is -2.40. The molecule has 0 spiro atoms. The highest BCUT2D eigenvalue weighted by Gasteiger charge is 2.26. The van der Waals surface area contributed by atoms with Crippen molar-refractivity contribution in [3.63, 3.8) is 0 Å². The summed E-state index contributed by atoms with van der Waals surface area (Å²) in [5.41, 5.74) is -1.17. The van der Waals surface area contributed by atoms with Crippen LogP contribution in [0.1, 0.15) is 31.1 Å². The second kappa shape index (κ2) is 7.61. The summed E-state index contributed by atoms with van der Waals surface area (Å²) in [6.45, 7) is 5.00. The monoisotopic (exact) mass is 398 g/mol. The van der Waals surface area contributed by atoms with Gasteiger partial charge in [-0.2, -0.15) is 0 Å². The van der Waals surface area contributed by atoms with Crippen LogP contribution in [-0.2, 0) is 10.0 Å².